The molecule has 0 radical (unpaired) electrons. The average Bonchev–Trinajstić information content (AvgIpc) is 2.70. The number of halogens is 1. The van der Waals surface area contributed by atoms with Crippen molar-refractivity contribution in [1.29, 1.82) is 0 Å². The van der Waals surface area contributed by atoms with Crippen molar-refractivity contribution in [3.63, 3.8) is 0 Å². The number of carbonyl (C=O) groups excluding carboxylic acids is 1. The number of ether oxygens (including phenoxy) is 3. The van der Waals surface area contributed by atoms with Gasteiger partial charge in [-0.1, -0.05) is 35.9 Å². The van der Waals surface area contributed by atoms with Gasteiger partial charge in [0.25, 0.3) is 5.91 Å². The smallest absolute Gasteiger partial charge is 0.255 e. The standard InChI is InChI=1S/C21H18ClNO4/c1-25-19-13-18(20(26-2)12-17(19)22)23-21(24)14-7-6-10-16(11-14)27-15-8-4-3-5-9-15/h3-13H,1-2H3,(H,23,24). The number of para-hydroxylation sites is 1. The minimum atomic E-state index is -0.309. The zero-order chi connectivity index (χ0) is 19.2. The van der Waals surface area contributed by atoms with Crippen molar-refractivity contribution in [2.75, 3.05) is 19.5 Å². The van der Waals surface area contributed by atoms with E-state index in [9.17, 15) is 4.79 Å². The fraction of sp³-hybridized carbons (Fsp3) is 0.0952. The first kappa shape index (κ1) is 18.6. The molecule has 1 amide bonds. The fourth-order valence-corrected chi connectivity index (χ4v) is 2.71. The molecular weight excluding hydrogens is 366 g/mol. The molecule has 0 atom stereocenters. The zero-order valence-corrected chi connectivity index (χ0v) is 15.6. The minimum absolute atomic E-state index is 0.309. The molecule has 0 aliphatic heterocycles. The molecule has 0 saturated carbocycles. The van der Waals surface area contributed by atoms with Gasteiger partial charge in [0.15, 0.2) is 0 Å². The first-order valence-electron chi connectivity index (χ1n) is 8.16. The highest BCUT2D eigenvalue weighted by Crippen LogP contribution is 2.36. The number of hydrogen-bond acceptors (Lipinski definition) is 4. The van der Waals surface area contributed by atoms with Crippen LogP contribution in [0.1, 0.15) is 10.4 Å². The monoisotopic (exact) mass is 383 g/mol. The SMILES string of the molecule is COc1cc(NC(=O)c2cccc(Oc3ccccc3)c2)c(OC)cc1Cl. The highest BCUT2D eigenvalue weighted by atomic mass is 35.5. The molecule has 3 rings (SSSR count). The third kappa shape index (κ3) is 4.51. The van der Waals surface area contributed by atoms with E-state index in [0.29, 0.717) is 39.3 Å². The Hall–Kier alpha value is -3.18. The van der Waals surface area contributed by atoms with E-state index < -0.39 is 0 Å². The molecule has 0 heterocycles. The van der Waals surface area contributed by atoms with Crippen molar-refractivity contribution in [2.24, 2.45) is 0 Å². The third-order valence-electron chi connectivity index (χ3n) is 3.80. The van der Waals surface area contributed by atoms with Gasteiger partial charge in [-0.15, -0.1) is 0 Å². The van der Waals surface area contributed by atoms with Gasteiger partial charge >= 0.3 is 0 Å². The predicted octanol–water partition coefficient (Wildman–Crippen LogP) is 5.40. The van der Waals surface area contributed by atoms with Crippen LogP contribution in [-0.2, 0) is 0 Å². The second-order valence-corrected chi connectivity index (χ2v) is 5.99. The molecule has 138 valence electrons. The minimum Gasteiger partial charge on any atom is -0.495 e. The molecular formula is C21H18ClNO4. The number of anilines is 1. The Bertz CT molecular complexity index is 944. The van der Waals surface area contributed by atoms with Gasteiger partial charge in [0.05, 0.1) is 24.9 Å². The van der Waals surface area contributed by atoms with Crippen molar-refractivity contribution in [2.45, 2.75) is 0 Å². The average molecular weight is 384 g/mol. The molecule has 0 spiro atoms. The van der Waals surface area contributed by atoms with E-state index in [1.54, 1.807) is 36.4 Å². The topological polar surface area (TPSA) is 56.8 Å². The summed E-state index contributed by atoms with van der Waals surface area (Å²) in [4.78, 5) is 12.7. The van der Waals surface area contributed by atoms with Gasteiger partial charge in [0, 0.05) is 17.7 Å². The van der Waals surface area contributed by atoms with Gasteiger partial charge in [-0.2, -0.15) is 0 Å². The maximum Gasteiger partial charge on any atom is 0.255 e. The molecule has 0 aliphatic carbocycles. The molecule has 6 heteroatoms. The summed E-state index contributed by atoms with van der Waals surface area (Å²) < 4.78 is 16.3. The summed E-state index contributed by atoms with van der Waals surface area (Å²) in [5.41, 5.74) is 0.900. The molecule has 0 aliphatic rings. The number of carbonyl (C=O) groups is 1. The van der Waals surface area contributed by atoms with Crippen LogP contribution in [0.15, 0.2) is 66.7 Å². The number of amides is 1. The maximum absolute atomic E-state index is 12.7. The largest absolute Gasteiger partial charge is 0.495 e. The predicted molar refractivity (Wildman–Crippen MR) is 105 cm³/mol. The van der Waals surface area contributed by atoms with E-state index in [1.807, 2.05) is 30.3 Å². The van der Waals surface area contributed by atoms with Crippen molar-refractivity contribution in [3.8, 4) is 23.0 Å². The summed E-state index contributed by atoms with van der Waals surface area (Å²) in [6.45, 7) is 0. The summed E-state index contributed by atoms with van der Waals surface area (Å²) >= 11 is 6.10. The third-order valence-corrected chi connectivity index (χ3v) is 4.09. The summed E-state index contributed by atoms with van der Waals surface area (Å²) in [6.07, 6.45) is 0. The number of methoxy groups -OCH3 is 2. The van der Waals surface area contributed by atoms with Crippen LogP contribution in [0.3, 0.4) is 0 Å². The molecule has 3 aromatic carbocycles. The van der Waals surface area contributed by atoms with Crippen LogP contribution in [0, 0.1) is 0 Å². The van der Waals surface area contributed by atoms with Crippen molar-refractivity contribution < 1.29 is 19.0 Å². The van der Waals surface area contributed by atoms with Gasteiger partial charge in [-0.25, -0.2) is 0 Å². The van der Waals surface area contributed by atoms with Gasteiger partial charge in [-0.05, 0) is 30.3 Å². The Labute approximate surface area is 162 Å². The van der Waals surface area contributed by atoms with E-state index >= 15 is 0 Å². The van der Waals surface area contributed by atoms with Gasteiger partial charge in [0.1, 0.15) is 23.0 Å². The Morgan fingerprint density at radius 1 is 0.852 bits per heavy atom. The van der Waals surface area contributed by atoms with E-state index in [0.717, 1.165) is 0 Å². The molecule has 0 fully saturated rings. The van der Waals surface area contributed by atoms with Crippen LogP contribution in [-0.4, -0.2) is 20.1 Å². The Kier molecular flexibility index (Phi) is 5.84. The van der Waals surface area contributed by atoms with Gasteiger partial charge < -0.3 is 19.5 Å². The first-order chi connectivity index (χ1) is 13.1. The normalized spacial score (nSPS) is 10.2. The van der Waals surface area contributed by atoms with Gasteiger partial charge in [0.2, 0.25) is 0 Å². The maximum atomic E-state index is 12.7. The summed E-state index contributed by atoms with van der Waals surface area (Å²) in [7, 11) is 3.01. The van der Waals surface area contributed by atoms with Crippen LogP contribution < -0.4 is 19.5 Å². The van der Waals surface area contributed by atoms with Crippen LogP contribution >= 0.6 is 11.6 Å². The lowest BCUT2D eigenvalue weighted by molar-refractivity contribution is 0.102. The number of hydrogen-bond donors (Lipinski definition) is 1. The molecule has 0 unspecified atom stereocenters. The van der Waals surface area contributed by atoms with Crippen LogP contribution in [0.4, 0.5) is 5.69 Å². The first-order valence-corrected chi connectivity index (χ1v) is 8.54. The molecule has 5 nitrogen and oxygen atoms in total. The Balaban J connectivity index is 1.82. The summed E-state index contributed by atoms with van der Waals surface area (Å²) in [5, 5.41) is 3.21. The highest BCUT2D eigenvalue weighted by Gasteiger charge is 2.14. The summed E-state index contributed by atoms with van der Waals surface area (Å²) in [5.74, 6) is 1.82. The van der Waals surface area contributed by atoms with E-state index in [-0.39, 0.29) is 5.91 Å². The fourth-order valence-electron chi connectivity index (χ4n) is 2.48. The van der Waals surface area contributed by atoms with E-state index in [1.165, 1.54) is 14.2 Å². The zero-order valence-electron chi connectivity index (χ0n) is 14.9. The van der Waals surface area contributed by atoms with E-state index in [4.69, 9.17) is 25.8 Å². The number of rotatable bonds is 6. The lowest BCUT2D eigenvalue weighted by Crippen LogP contribution is -2.13. The number of benzene rings is 3. The second-order valence-electron chi connectivity index (χ2n) is 5.58. The van der Waals surface area contributed by atoms with Crippen molar-refractivity contribution in [1.82, 2.24) is 0 Å². The van der Waals surface area contributed by atoms with E-state index in [2.05, 4.69) is 5.32 Å². The molecule has 1 N–H and O–H groups in total. The van der Waals surface area contributed by atoms with Crippen LogP contribution in [0.5, 0.6) is 23.0 Å². The Morgan fingerprint density at radius 2 is 1.56 bits per heavy atom. The van der Waals surface area contributed by atoms with Crippen molar-refractivity contribution >= 4 is 23.2 Å². The lowest BCUT2D eigenvalue weighted by atomic mass is 10.2. The molecule has 0 aromatic heterocycles. The molecule has 27 heavy (non-hydrogen) atoms. The summed E-state index contributed by atoms with van der Waals surface area (Å²) in [6, 6.07) is 19.5. The van der Waals surface area contributed by atoms with Crippen molar-refractivity contribution in [3.05, 3.63) is 77.3 Å². The van der Waals surface area contributed by atoms with Gasteiger partial charge in [-0.3, -0.25) is 4.79 Å². The van der Waals surface area contributed by atoms with Crippen LogP contribution in [0.25, 0.3) is 0 Å². The lowest BCUT2D eigenvalue weighted by Gasteiger charge is -2.13. The second kappa shape index (κ2) is 8.47. The molecule has 3 aromatic rings. The highest BCUT2D eigenvalue weighted by molar-refractivity contribution is 6.32. The number of nitrogens with one attached hydrogen (secondary N) is 1. The quantitative estimate of drug-likeness (QED) is 0.619. The van der Waals surface area contributed by atoms with Crippen LogP contribution in [0.2, 0.25) is 5.02 Å². The Morgan fingerprint density at radius 3 is 2.26 bits per heavy atom. The molecule has 0 bridgehead atoms. The molecule has 0 saturated heterocycles.